The number of alkyl carbamates (subject to hydrolysis) is 1. The summed E-state index contributed by atoms with van der Waals surface area (Å²) >= 11 is 0. The molecule has 1 aliphatic heterocycles. The van der Waals surface area contributed by atoms with Gasteiger partial charge in [-0.2, -0.15) is 5.10 Å². The van der Waals surface area contributed by atoms with Gasteiger partial charge in [0.15, 0.2) is 5.82 Å². The quantitative estimate of drug-likeness (QED) is 0.591. The summed E-state index contributed by atoms with van der Waals surface area (Å²) in [7, 11) is 3.34. The first-order chi connectivity index (χ1) is 15.5. The molecule has 176 valence electrons. The van der Waals surface area contributed by atoms with Crippen molar-refractivity contribution >= 4 is 24.3 Å². The van der Waals surface area contributed by atoms with Gasteiger partial charge < -0.3 is 15.0 Å². The summed E-state index contributed by atoms with van der Waals surface area (Å²) in [6, 6.07) is 8.00. The lowest BCUT2D eigenvalue weighted by Crippen LogP contribution is -2.46. The molecule has 1 saturated heterocycles. The van der Waals surface area contributed by atoms with Crippen molar-refractivity contribution in [3.05, 3.63) is 59.7 Å². The lowest BCUT2D eigenvalue weighted by Gasteiger charge is -2.35. The molecule has 10 heteroatoms. The van der Waals surface area contributed by atoms with E-state index in [-0.39, 0.29) is 12.4 Å². The Balaban J connectivity index is 0.00000306. The standard InChI is InChI=1S/C23H29N7O2.ClH/c1-17-20(15-27-28(17)2)16-29-10-12-30(13-11-29)22-21(24-8-9-25-22)19-6-4-18(5-7-19)14-26-23(31)32-3;/h4-9,15H,10-14,16H2,1-3H3,(H,26,31);1H. The van der Waals surface area contributed by atoms with Crippen molar-refractivity contribution in [2.24, 2.45) is 7.05 Å². The maximum Gasteiger partial charge on any atom is 0.407 e. The summed E-state index contributed by atoms with van der Waals surface area (Å²) in [5.74, 6) is 0.908. The number of amides is 1. The first-order valence-corrected chi connectivity index (χ1v) is 10.7. The molecule has 0 atom stereocenters. The smallest absolute Gasteiger partial charge is 0.407 e. The fourth-order valence-corrected chi connectivity index (χ4v) is 3.85. The number of hydrogen-bond acceptors (Lipinski definition) is 7. The third-order valence-corrected chi connectivity index (χ3v) is 5.93. The highest BCUT2D eigenvalue weighted by Gasteiger charge is 2.22. The molecule has 0 radical (unpaired) electrons. The maximum atomic E-state index is 11.3. The topological polar surface area (TPSA) is 88.4 Å². The van der Waals surface area contributed by atoms with Crippen LogP contribution >= 0.6 is 12.4 Å². The predicted octanol–water partition coefficient (Wildman–Crippen LogP) is 2.79. The summed E-state index contributed by atoms with van der Waals surface area (Å²) in [5, 5.41) is 7.04. The van der Waals surface area contributed by atoms with Gasteiger partial charge in [-0.25, -0.2) is 9.78 Å². The van der Waals surface area contributed by atoms with E-state index in [4.69, 9.17) is 0 Å². The van der Waals surface area contributed by atoms with E-state index < -0.39 is 6.09 Å². The van der Waals surface area contributed by atoms with Crippen molar-refractivity contribution in [2.75, 3.05) is 38.2 Å². The lowest BCUT2D eigenvalue weighted by molar-refractivity contribution is 0.170. The van der Waals surface area contributed by atoms with E-state index in [0.717, 1.165) is 55.4 Å². The Morgan fingerprint density at radius 2 is 1.79 bits per heavy atom. The van der Waals surface area contributed by atoms with E-state index in [1.807, 2.05) is 42.2 Å². The first kappa shape index (κ1) is 24.5. The molecule has 1 aromatic carbocycles. The van der Waals surface area contributed by atoms with E-state index in [1.165, 1.54) is 18.4 Å². The molecule has 1 fully saturated rings. The molecule has 1 aliphatic rings. The van der Waals surface area contributed by atoms with Gasteiger partial charge in [0.05, 0.1) is 13.3 Å². The van der Waals surface area contributed by atoms with Crippen LogP contribution in [0.15, 0.2) is 42.9 Å². The number of aryl methyl sites for hydroxylation is 1. The monoisotopic (exact) mass is 471 g/mol. The van der Waals surface area contributed by atoms with Crippen molar-refractivity contribution < 1.29 is 9.53 Å². The van der Waals surface area contributed by atoms with Crippen molar-refractivity contribution in [1.82, 2.24) is 30.0 Å². The van der Waals surface area contributed by atoms with Gasteiger partial charge in [-0.1, -0.05) is 24.3 Å². The van der Waals surface area contributed by atoms with Crippen LogP contribution in [0.4, 0.5) is 10.6 Å². The molecule has 4 rings (SSSR count). The predicted molar refractivity (Wildman–Crippen MR) is 129 cm³/mol. The Hall–Kier alpha value is -3.17. The summed E-state index contributed by atoms with van der Waals surface area (Å²) in [6.07, 6.45) is 5.00. The summed E-state index contributed by atoms with van der Waals surface area (Å²) in [6.45, 7) is 7.16. The molecule has 1 amide bonds. The Bertz CT molecular complexity index is 1060. The van der Waals surface area contributed by atoms with Gasteiger partial charge in [-0.05, 0) is 12.5 Å². The summed E-state index contributed by atoms with van der Waals surface area (Å²) in [5.41, 5.74) is 5.36. The number of piperazine rings is 1. The highest BCUT2D eigenvalue weighted by atomic mass is 35.5. The molecular formula is C23H30ClN7O2. The van der Waals surface area contributed by atoms with E-state index in [9.17, 15) is 4.79 Å². The Kier molecular flexibility index (Phi) is 8.24. The molecule has 3 aromatic rings. The molecule has 0 bridgehead atoms. The van der Waals surface area contributed by atoms with E-state index in [0.29, 0.717) is 6.54 Å². The van der Waals surface area contributed by atoms with Crippen LogP contribution in [-0.2, 0) is 24.9 Å². The van der Waals surface area contributed by atoms with Crippen LogP contribution in [0.2, 0.25) is 0 Å². The number of benzene rings is 1. The van der Waals surface area contributed by atoms with Gasteiger partial charge in [0.2, 0.25) is 0 Å². The second kappa shape index (κ2) is 11.1. The number of nitrogens with zero attached hydrogens (tertiary/aromatic N) is 6. The number of methoxy groups -OCH3 is 1. The largest absolute Gasteiger partial charge is 0.453 e. The zero-order valence-corrected chi connectivity index (χ0v) is 20.0. The average Bonchev–Trinajstić information content (AvgIpc) is 3.15. The normalized spacial score (nSPS) is 14.0. The van der Waals surface area contributed by atoms with Crippen LogP contribution in [0.1, 0.15) is 16.8 Å². The lowest BCUT2D eigenvalue weighted by atomic mass is 10.1. The average molecular weight is 472 g/mol. The second-order valence-corrected chi connectivity index (χ2v) is 7.91. The fourth-order valence-electron chi connectivity index (χ4n) is 3.85. The summed E-state index contributed by atoms with van der Waals surface area (Å²) < 4.78 is 6.54. The molecule has 33 heavy (non-hydrogen) atoms. The molecule has 1 N–H and O–H groups in total. The highest BCUT2D eigenvalue weighted by molar-refractivity contribution is 5.85. The number of carbonyl (C=O) groups is 1. The minimum Gasteiger partial charge on any atom is -0.453 e. The zero-order chi connectivity index (χ0) is 22.5. The number of aromatic nitrogens is 4. The zero-order valence-electron chi connectivity index (χ0n) is 19.2. The Morgan fingerprint density at radius 3 is 2.42 bits per heavy atom. The third kappa shape index (κ3) is 5.80. The van der Waals surface area contributed by atoms with Crippen molar-refractivity contribution in [1.29, 1.82) is 0 Å². The number of nitrogens with one attached hydrogen (secondary N) is 1. The second-order valence-electron chi connectivity index (χ2n) is 7.91. The number of anilines is 1. The van der Waals surface area contributed by atoms with Crippen molar-refractivity contribution in [3.63, 3.8) is 0 Å². The number of halogens is 1. The van der Waals surface area contributed by atoms with Crippen LogP contribution in [-0.4, -0.2) is 64.0 Å². The summed E-state index contributed by atoms with van der Waals surface area (Å²) in [4.78, 5) is 25.3. The van der Waals surface area contributed by atoms with Gasteiger partial charge in [0.1, 0.15) is 5.69 Å². The van der Waals surface area contributed by atoms with E-state index in [1.54, 1.807) is 12.4 Å². The van der Waals surface area contributed by atoms with E-state index in [2.05, 4.69) is 41.8 Å². The van der Waals surface area contributed by atoms with Gasteiger partial charge in [0.25, 0.3) is 0 Å². The fraction of sp³-hybridized carbons (Fsp3) is 0.391. The number of ether oxygens (including phenoxy) is 1. The first-order valence-electron chi connectivity index (χ1n) is 10.7. The number of carbonyl (C=O) groups excluding carboxylic acids is 1. The van der Waals surface area contributed by atoms with Crippen LogP contribution < -0.4 is 10.2 Å². The molecule has 0 unspecified atom stereocenters. The number of rotatable bonds is 6. The van der Waals surface area contributed by atoms with Gasteiger partial charge in [-0.15, -0.1) is 12.4 Å². The van der Waals surface area contributed by atoms with Gasteiger partial charge in [0, 0.05) is 75.5 Å². The molecule has 0 aliphatic carbocycles. The maximum absolute atomic E-state index is 11.3. The Labute approximate surface area is 200 Å². The minimum absolute atomic E-state index is 0. The van der Waals surface area contributed by atoms with Crippen molar-refractivity contribution in [2.45, 2.75) is 20.0 Å². The number of hydrogen-bond donors (Lipinski definition) is 1. The third-order valence-electron chi connectivity index (χ3n) is 5.93. The molecule has 3 heterocycles. The molecule has 2 aromatic heterocycles. The Morgan fingerprint density at radius 1 is 1.09 bits per heavy atom. The van der Waals surface area contributed by atoms with E-state index >= 15 is 0 Å². The molecule has 9 nitrogen and oxygen atoms in total. The minimum atomic E-state index is -0.442. The van der Waals surface area contributed by atoms with Crippen LogP contribution in [0.5, 0.6) is 0 Å². The van der Waals surface area contributed by atoms with Crippen molar-refractivity contribution in [3.8, 4) is 11.3 Å². The van der Waals surface area contributed by atoms with Gasteiger partial charge in [-0.3, -0.25) is 14.6 Å². The molecular weight excluding hydrogens is 442 g/mol. The molecule has 0 saturated carbocycles. The molecule has 0 spiro atoms. The van der Waals surface area contributed by atoms with Gasteiger partial charge >= 0.3 is 6.09 Å². The van der Waals surface area contributed by atoms with Crippen LogP contribution in [0.3, 0.4) is 0 Å². The SMILES string of the molecule is COC(=O)NCc1ccc(-c2nccnc2N2CCN(Cc3cnn(C)c3C)CC2)cc1.Cl. The highest BCUT2D eigenvalue weighted by Crippen LogP contribution is 2.28. The van der Waals surface area contributed by atoms with Crippen LogP contribution in [0, 0.1) is 6.92 Å². The van der Waals surface area contributed by atoms with Crippen LogP contribution in [0.25, 0.3) is 11.3 Å².